The number of hydrogen-bond donors (Lipinski definition) is 1. The smallest absolute Gasteiger partial charge is 0.347 e. The highest BCUT2D eigenvalue weighted by Crippen LogP contribution is 2.18. The monoisotopic (exact) mass is 340 g/mol. The Morgan fingerprint density at radius 3 is 2.62 bits per heavy atom. The van der Waals surface area contributed by atoms with E-state index in [9.17, 15) is 9.59 Å². The van der Waals surface area contributed by atoms with E-state index in [0.29, 0.717) is 22.6 Å². The van der Waals surface area contributed by atoms with Crippen LogP contribution < -0.4 is 5.56 Å². The summed E-state index contributed by atoms with van der Waals surface area (Å²) < 4.78 is 1.32. The Bertz CT molecular complexity index is 998. The van der Waals surface area contributed by atoms with E-state index in [-0.39, 0.29) is 10.4 Å². The first-order chi connectivity index (χ1) is 11.5. The summed E-state index contributed by atoms with van der Waals surface area (Å²) in [6, 6.07) is 8.03. The van der Waals surface area contributed by atoms with Crippen LogP contribution in [0.4, 0.5) is 0 Å². The Balaban J connectivity index is 2.11. The SMILES string of the molecule is CCc1c(/C=C/c2ccc(C)cc2)nc2sc(C(=O)O)cn2c1=O. The fourth-order valence-electron chi connectivity index (χ4n) is 2.42. The fourth-order valence-corrected chi connectivity index (χ4v) is 3.24. The van der Waals surface area contributed by atoms with Crippen molar-refractivity contribution in [1.82, 2.24) is 9.38 Å². The molecule has 0 aliphatic rings. The number of benzene rings is 1. The van der Waals surface area contributed by atoms with Crippen LogP contribution >= 0.6 is 11.3 Å². The van der Waals surface area contributed by atoms with Crippen LogP contribution in [0.3, 0.4) is 0 Å². The van der Waals surface area contributed by atoms with E-state index in [4.69, 9.17) is 5.11 Å². The number of nitrogens with zero attached hydrogens (tertiary/aromatic N) is 2. The predicted octanol–water partition coefficient (Wildman–Crippen LogP) is 3.50. The van der Waals surface area contributed by atoms with Gasteiger partial charge < -0.3 is 5.11 Å². The second-order valence-corrected chi connectivity index (χ2v) is 6.44. The molecule has 0 aliphatic carbocycles. The summed E-state index contributed by atoms with van der Waals surface area (Å²) in [6.45, 7) is 3.91. The van der Waals surface area contributed by atoms with Crippen LogP contribution in [-0.2, 0) is 6.42 Å². The van der Waals surface area contributed by atoms with Crippen molar-refractivity contribution in [2.45, 2.75) is 20.3 Å². The molecule has 0 saturated carbocycles. The number of aromatic nitrogens is 2. The highest BCUT2D eigenvalue weighted by atomic mass is 32.1. The van der Waals surface area contributed by atoms with Crippen LogP contribution in [0.2, 0.25) is 0 Å². The number of hydrogen-bond acceptors (Lipinski definition) is 4. The number of carboxylic acid groups (broad SMARTS) is 1. The van der Waals surface area contributed by atoms with Crippen molar-refractivity contribution >= 4 is 34.4 Å². The molecule has 3 aromatic rings. The van der Waals surface area contributed by atoms with Crippen molar-refractivity contribution in [3.05, 3.63) is 68.1 Å². The average Bonchev–Trinajstić information content (AvgIpc) is 2.99. The Morgan fingerprint density at radius 1 is 1.29 bits per heavy atom. The topological polar surface area (TPSA) is 71.7 Å². The van der Waals surface area contributed by atoms with Gasteiger partial charge in [0.15, 0.2) is 4.96 Å². The number of rotatable bonds is 4. The molecule has 2 heterocycles. The highest BCUT2D eigenvalue weighted by Gasteiger charge is 2.15. The first-order valence-corrected chi connectivity index (χ1v) is 8.34. The molecule has 1 N–H and O–H groups in total. The summed E-state index contributed by atoms with van der Waals surface area (Å²) >= 11 is 0.995. The largest absolute Gasteiger partial charge is 0.477 e. The van der Waals surface area contributed by atoms with Gasteiger partial charge >= 0.3 is 5.97 Å². The summed E-state index contributed by atoms with van der Waals surface area (Å²) in [5.41, 5.74) is 3.14. The highest BCUT2D eigenvalue weighted by molar-refractivity contribution is 7.18. The predicted molar refractivity (Wildman–Crippen MR) is 95.8 cm³/mol. The molecule has 2 aromatic heterocycles. The first kappa shape index (κ1) is 16.1. The second-order valence-electron chi connectivity index (χ2n) is 5.43. The maximum atomic E-state index is 12.6. The van der Waals surface area contributed by atoms with Crippen molar-refractivity contribution in [2.75, 3.05) is 0 Å². The molecule has 6 heteroatoms. The van der Waals surface area contributed by atoms with E-state index in [1.54, 1.807) is 0 Å². The molecule has 1 aromatic carbocycles. The molecule has 122 valence electrons. The maximum Gasteiger partial charge on any atom is 0.347 e. The zero-order chi connectivity index (χ0) is 17.3. The summed E-state index contributed by atoms with van der Waals surface area (Å²) in [5, 5.41) is 9.10. The minimum Gasteiger partial charge on any atom is -0.477 e. The van der Waals surface area contributed by atoms with Crippen LogP contribution in [0, 0.1) is 6.92 Å². The molecule has 0 aliphatic heterocycles. The second kappa shape index (κ2) is 6.41. The Kier molecular flexibility index (Phi) is 4.31. The van der Waals surface area contributed by atoms with E-state index in [0.717, 1.165) is 16.9 Å². The molecular weight excluding hydrogens is 324 g/mol. The maximum absolute atomic E-state index is 12.6. The van der Waals surface area contributed by atoms with Gasteiger partial charge in [-0.15, -0.1) is 0 Å². The van der Waals surface area contributed by atoms with E-state index >= 15 is 0 Å². The number of thiazole rings is 1. The standard InChI is InChI=1S/C18H16N2O3S/c1-3-13-14(9-8-12-6-4-11(2)5-7-12)19-18-20(16(13)21)10-15(24-18)17(22)23/h4-10H,3H2,1-2H3,(H,22,23)/b9-8+. The van der Waals surface area contributed by atoms with Gasteiger partial charge in [0.2, 0.25) is 0 Å². The number of aromatic carboxylic acids is 1. The Hall–Kier alpha value is -2.73. The van der Waals surface area contributed by atoms with Crippen molar-refractivity contribution in [1.29, 1.82) is 0 Å². The molecule has 24 heavy (non-hydrogen) atoms. The van der Waals surface area contributed by atoms with E-state index in [1.165, 1.54) is 16.2 Å². The van der Waals surface area contributed by atoms with Crippen molar-refractivity contribution in [3.63, 3.8) is 0 Å². The zero-order valence-electron chi connectivity index (χ0n) is 13.3. The summed E-state index contributed by atoms with van der Waals surface area (Å²) in [5.74, 6) is -1.06. The number of carboxylic acids is 1. The molecule has 5 nitrogen and oxygen atoms in total. The van der Waals surface area contributed by atoms with Crippen molar-refractivity contribution in [3.8, 4) is 0 Å². The Labute approximate surface area is 142 Å². The van der Waals surface area contributed by atoms with Gasteiger partial charge in [0.05, 0.1) is 5.69 Å². The lowest BCUT2D eigenvalue weighted by molar-refractivity contribution is 0.0701. The van der Waals surface area contributed by atoms with E-state index in [2.05, 4.69) is 4.98 Å². The van der Waals surface area contributed by atoms with Gasteiger partial charge in [-0.3, -0.25) is 9.20 Å². The molecule has 3 rings (SSSR count). The normalized spacial score (nSPS) is 11.4. The lowest BCUT2D eigenvalue weighted by Gasteiger charge is -2.03. The zero-order valence-corrected chi connectivity index (χ0v) is 14.1. The quantitative estimate of drug-likeness (QED) is 0.789. The van der Waals surface area contributed by atoms with Crippen molar-refractivity contribution < 1.29 is 9.90 Å². The molecule has 0 radical (unpaired) electrons. The number of aryl methyl sites for hydroxylation is 1. The minimum absolute atomic E-state index is 0.0984. The molecule has 0 bridgehead atoms. The number of fused-ring (bicyclic) bond motifs is 1. The lowest BCUT2D eigenvalue weighted by Crippen LogP contribution is -2.19. The van der Waals surface area contributed by atoms with Gasteiger partial charge in [-0.25, -0.2) is 9.78 Å². The minimum atomic E-state index is -1.06. The van der Waals surface area contributed by atoms with Gasteiger partial charge in [0.1, 0.15) is 4.88 Å². The van der Waals surface area contributed by atoms with Gasteiger partial charge in [-0.1, -0.05) is 54.2 Å². The lowest BCUT2D eigenvalue weighted by atomic mass is 10.1. The van der Waals surface area contributed by atoms with Crippen LogP contribution in [0.1, 0.15) is 39.0 Å². The van der Waals surface area contributed by atoms with Gasteiger partial charge in [0.25, 0.3) is 5.56 Å². The average molecular weight is 340 g/mol. The van der Waals surface area contributed by atoms with E-state index in [1.807, 2.05) is 50.3 Å². The molecule has 0 amide bonds. The molecule has 0 spiro atoms. The third-order valence-corrected chi connectivity index (χ3v) is 4.70. The molecule has 0 atom stereocenters. The fraction of sp³-hybridized carbons (Fsp3) is 0.167. The van der Waals surface area contributed by atoms with Crippen LogP contribution in [0.15, 0.2) is 35.3 Å². The van der Waals surface area contributed by atoms with Crippen molar-refractivity contribution in [2.24, 2.45) is 0 Å². The first-order valence-electron chi connectivity index (χ1n) is 7.52. The third kappa shape index (κ3) is 3.00. The summed E-state index contributed by atoms with van der Waals surface area (Å²) in [7, 11) is 0. The van der Waals surface area contributed by atoms with Gasteiger partial charge in [-0.05, 0) is 25.0 Å². The van der Waals surface area contributed by atoms with Gasteiger partial charge in [0, 0.05) is 11.8 Å². The molecule has 0 saturated heterocycles. The van der Waals surface area contributed by atoms with Crippen LogP contribution in [0.25, 0.3) is 17.1 Å². The summed E-state index contributed by atoms with van der Waals surface area (Å²) in [4.78, 5) is 28.6. The summed E-state index contributed by atoms with van der Waals surface area (Å²) in [6.07, 6.45) is 5.58. The van der Waals surface area contributed by atoms with Gasteiger partial charge in [-0.2, -0.15) is 0 Å². The number of carbonyl (C=O) groups is 1. The van der Waals surface area contributed by atoms with Crippen LogP contribution in [-0.4, -0.2) is 20.5 Å². The molecular formula is C18H16N2O3S. The Morgan fingerprint density at radius 2 is 2.00 bits per heavy atom. The van der Waals surface area contributed by atoms with Crippen LogP contribution in [0.5, 0.6) is 0 Å². The molecule has 0 unspecified atom stereocenters. The van der Waals surface area contributed by atoms with E-state index < -0.39 is 5.97 Å². The third-order valence-electron chi connectivity index (χ3n) is 3.73. The molecule has 0 fully saturated rings.